The fraction of sp³-hybridized carbons (Fsp3) is 0.625. The van der Waals surface area contributed by atoms with Crippen LogP contribution in [0.25, 0.3) is 0 Å². The molecule has 1 N–H and O–H groups in total. The molecule has 0 unspecified atom stereocenters. The van der Waals surface area contributed by atoms with Crippen LogP contribution in [-0.2, 0) is 6.42 Å². The molecule has 0 spiro atoms. The topological polar surface area (TPSA) is 20.2 Å². The Labute approximate surface area is 119 Å². The highest BCUT2D eigenvalue weighted by atomic mass is 35.5. The monoisotopic (exact) mass is 284 g/mol. The van der Waals surface area contributed by atoms with Crippen molar-refractivity contribution in [3.63, 3.8) is 0 Å². The van der Waals surface area contributed by atoms with E-state index in [4.69, 9.17) is 11.6 Å². The molecule has 1 aromatic rings. The number of halogens is 2. The lowest BCUT2D eigenvalue weighted by atomic mass is 9.72. The lowest BCUT2D eigenvalue weighted by Crippen LogP contribution is -2.37. The predicted octanol–water partition coefficient (Wildman–Crippen LogP) is 4.60. The highest BCUT2D eigenvalue weighted by Gasteiger charge is 2.34. The fourth-order valence-corrected chi connectivity index (χ4v) is 3.25. The summed E-state index contributed by atoms with van der Waals surface area (Å²) in [4.78, 5) is 0. The summed E-state index contributed by atoms with van der Waals surface area (Å²) in [5.41, 5.74) is -0.241. The van der Waals surface area contributed by atoms with Crippen molar-refractivity contribution in [2.45, 2.75) is 51.6 Å². The van der Waals surface area contributed by atoms with E-state index in [9.17, 15) is 9.50 Å². The Bertz CT molecular complexity index is 436. The third kappa shape index (κ3) is 3.70. The van der Waals surface area contributed by atoms with Crippen molar-refractivity contribution >= 4 is 11.6 Å². The van der Waals surface area contributed by atoms with Gasteiger partial charge in [-0.1, -0.05) is 25.4 Å². The van der Waals surface area contributed by atoms with Crippen molar-refractivity contribution in [2.24, 2.45) is 11.8 Å². The molecule has 1 aliphatic rings. The van der Waals surface area contributed by atoms with E-state index in [-0.39, 0.29) is 5.82 Å². The molecule has 0 aromatic heterocycles. The van der Waals surface area contributed by atoms with E-state index in [0.717, 1.165) is 25.7 Å². The highest BCUT2D eigenvalue weighted by Crippen LogP contribution is 2.38. The molecule has 2 rings (SSSR count). The van der Waals surface area contributed by atoms with E-state index < -0.39 is 5.60 Å². The van der Waals surface area contributed by atoms with Gasteiger partial charge in [0.2, 0.25) is 0 Å². The molecule has 1 aromatic carbocycles. The van der Waals surface area contributed by atoms with E-state index in [1.165, 1.54) is 6.07 Å². The van der Waals surface area contributed by atoms with Crippen molar-refractivity contribution in [1.29, 1.82) is 0 Å². The van der Waals surface area contributed by atoms with Crippen LogP contribution in [-0.4, -0.2) is 10.7 Å². The van der Waals surface area contributed by atoms with Crippen LogP contribution in [0.15, 0.2) is 18.2 Å². The summed E-state index contributed by atoms with van der Waals surface area (Å²) < 4.78 is 13.7. The second kappa shape index (κ2) is 5.80. The van der Waals surface area contributed by atoms with Crippen LogP contribution in [0.2, 0.25) is 5.02 Å². The minimum absolute atomic E-state index is 0.274. The largest absolute Gasteiger partial charge is 0.390 e. The van der Waals surface area contributed by atoms with Crippen molar-refractivity contribution in [1.82, 2.24) is 0 Å². The van der Waals surface area contributed by atoms with Gasteiger partial charge < -0.3 is 5.11 Å². The Kier molecular flexibility index (Phi) is 4.52. The normalized spacial score (nSPS) is 27.8. The first-order valence-corrected chi connectivity index (χ1v) is 7.44. The molecule has 1 aliphatic carbocycles. The summed E-state index contributed by atoms with van der Waals surface area (Å²) in [6.07, 6.45) is 3.92. The number of hydrogen-bond acceptors (Lipinski definition) is 1. The zero-order chi connectivity index (χ0) is 14.0. The average Bonchev–Trinajstić information content (AvgIpc) is 2.34. The predicted molar refractivity (Wildman–Crippen MR) is 76.9 cm³/mol. The molecule has 1 nitrogen and oxygen atoms in total. The molecule has 1 fully saturated rings. The number of aliphatic hydroxyl groups is 1. The number of rotatable bonds is 3. The first-order valence-electron chi connectivity index (χ1n) is 7.06. The molecule has 0 bridgehead atoms. The van der Waals surface area contributed by atoms with Gasteiger partial charge in [-0.3, -0.25) is 0 Å². The molecule has 0 amide bonds. The summed E-state index contributed by atoms with van der Waals surface area (Å²) in [6, 6.07) is 4.55. The molecule has 0 atom stereocenters. The first-order chi connectivity index (χ1) is 8.89. The van der Waals surface area contributed by atoms with Gasteiger partial charge in [-0.05, 0) is 61.3 Å². The SMILES string of the molecule is CC(C)C1CCC(O)(Cc2cc(Cl)ccc2F)CC1. The molecule has 0 heterocycles. The molecule has 106 valence electrons. The highest BCUT2D eigenvalue weighted by molar-refractivity contribution is 6.30. The van der Waals surface area contributed by atoms with E-state index in [1.54, 1.807) is 12.1 Å². The van der Waals surface area contributed by atoms with Crippen LogP contribution >= 0.6 is 11.6 Å². The summed E-state index contributed by atoms with van der Waals surface area (Å²) in [5, 5.41) is 11.2. The first kappa shape index (κ1) is 14.8. The van der Waals surface area contributed by atoms with Gasteiger partial charge in [-0.15, -0.1) is 0 Å². The standard InChI is InChI=1S/C16H22ClFO/c1-11(2)12-5-7-16(19,8-6-12)10-13-9-14(17)3-4-15(13)18/h3-4,9,11-12,19H,5-8,10H2,1-2H3. The summed E-state index contributed by atoms with van der Waals surface area (Å²) in [7, 11) is 0. The molecular weight excluding hydrogens is 263 g/mol. The van der Waals surface area contributed by atoms with Gasteiger partial charge in [0.15, 0.2) is 0 Å². The van der Waals surface area contributed by atoms with Gasteiger partial charge in [0.1, 0.15) is 5.82 Å². The van der Waals surface area contributed by atoms with Crippen LogP contribution < -0.4 is 0 Å². The Morgan fingerprint density at radius 1 is 1.37 bits per heavy atom. The summed E-state index contributed by atoms with van der Waals surface area (Å²) >= 11 is 5.90. The molecule has 0 saturated heterocycles. The molecule has 0 radical (unpaired) electrons. The van der Waals surface area contributed by atoms with Crippen molar-refractivity contribution < 1.29 is 9.50 Å². The van der Waals surface area contributed by atoms with E-state index in [2.05, 4.69) is 13.8 Å². The minimum atomic E-state index is -0.767. The van der Waals surface area contributed by atoms with Crippen LogP contribution in [0.3, 0.4) is 0 Å². The maximum Gasteiger partial charge on any atom is 0.126 e. The molecule has 0 aliphatic heterocycles. The second-order valence-electron chi connectivity index (χ2n) is 6.22. The minimum Gasteiger partial charge on any atom is -0.390 e. The summed E-state index contributed by atoms with van der Waals surface area (Å²) in [6.45, 7) is 4.46. The lowest BCUT2D eigenvalue weighted by molar-refractivity contribution is -0.0152. The molecular formula is C16H22ClFO. The van der Waals surface area contributed by atoms with E-state index >= 15 is 0 Å². The van der Waals surface area contributed by atoms with Crippen LogP contribution in [0.1, 0.15) is 45.1 Å². The van der Waals surface area contributed by atoms with E-state index in [1.807, 2.05) is 0 Å². The third-order valence-electron chi connectivity index (χ3n) is 4.43. The molecule has 19 heavy (non-hydrogen) atoms. The Morgan fingerprint density at radius 2 is 2.00 bits per heavy atom. The molecule has 3 heteroatoms. The molecule has 1 saturated carbocycles. The van der Waals surface area contributed by atoms with Gasteiger partial charge in [-0.25, -0.2) is 4.39 Å². The second-order valence-corrected chi connectivity index (χ2v) is 6.65. The fourth-order valence-electron chi connectivity index (χ4n) is 3.05. The maximum atomic E-state index is 13.7. The van der Waals surface area contributed by atoms with Crippen LogP contribution in [0.5, 0.6) is 0 Å². The van der Waals surface area contributed by atoms with Crippen molar-refractivity contribution in [3.05, 3.63) is 34.6 Å². The van der Waals surface area contributed by atoms with Gasteiger partial charge >= 0.3 is 0 Å². The van der Waals surface area contributed by atoms with Gasteiger partial charge in [-0.2, -0.15) is 0 Å². The smallest absolute Gasteiger partial charge is 0.126 e. The zero-order valence-corrected chi connectivity index (χ0v) is 12.4. The average molecular weight is 285 g/mol. The van der Waals surface area contributed by atoms with Crippen molar-refractivity contribution in [2.75, 3.05) is 0 Å². The Hall–Kier alpha value is -0.600. The zero-order valence-electron chi connectivity index (χ0n) is 11.6. The van der Waals surface area contributed by atoms with Crippen LogP contribution in [0, 0.1) is 17.7 Å². The number of benzene rings is 1. The van der Waals surface area contributed by atoms with Crippen molar-refractivity contribution in [3.8, 4) is 0 Å². The lowest BCUT2D eigenvalue weighted by Gasteiger charge is -2.37. The van der Waals surface area contributed by atoms with Gasteiger partial charge in [0.05, 0.1) is 5.60 Å². The summed E-state index contributed by atoms with van der Waals surface area (Å²) in [5.74, 6) is 1.07. The number of hydrogen-bond donors (Lipinski definition) is 1. The van der Waals surface area contributed by atoms with E-state index in [0.29, 0.717) is 28.8 Å². The van der Waals surface area contributed by atoms with Gasteiger partial charge in [0, 0.05) is 11.4 Å². The maximum absolute atomic E-state index is 13.7. The van der Waals surface area contributed by atoms with Gasteiger partial charge in [0.25, 0.3) is 0 Å². The Balaban J connectivity index is 2.05. The quantitative estimate of drug-likeness (QED) is 0.860. The Morgan fingerprint density at radius 3 is 2.58 bits per heavy atom. The third-order valence-corrected chi connectivity index (χ3v) is 4.67. The van der Waals surface area contributed by atoms with Crippen LogP contribution in [0.4, 0.5) is 4.39 Å².